The summed E-state index contributed by atoms with van der Waals surface area (Å²) >= 11 is 0. The molecule has 1 aliphatic rings. The number of halogens is 1. The second-order valence-electron chi connectivity index (χ2n) is 8.02. The Hall–Kier alpha value is -3.88. The van der Waals surface area contributed by atoms with E-state index in [9.17, 15) is 14.3 Å². The van der Waals surface area contributed by atoms with Crippen molar-refractivity contribution in [3.05, 3.63) is 48.7 Å². The fourth-order valence-corrected chi connectivity index (χ4v) is 4.20. The van der Waals surface area contributed by atoms with E-state index in [1.165, 1.54) is 12.1 Å². The summed E-state index contributed by atoms with van der Waals surface area (Å²) in [4.78, 5) is 17.7. The van der Waals surface area contributed by atoms with Gasteiger partial charge in [-0.2, -0.15) is 5.10 Å². The van der Waals surface area contributed by atoms with Crippen molar-refractivity contribution < 1.29 is 18.7 Å². The van der Waals surface area contributed by atoms with E-state index in [1.807, 2.05) is 15.8 Å². The number of phenolic OH excluding ortho intramolecular Hbond substituents is 1. The molecule has 1 amide bonds. The number of nitrogens with zero attached hydrogens (tertiary/aromatic N) is 4. The zero-order valence-corrected chi connectivity index (χ0v) is 17.5. The SMILES string of the molecule is CC(=O)N1CCC(n2cc(-c3cnc(N)c4oc(-c5ccc(O)c(F)c5)cc34)cn2)CC1. The molecule has 4 heterocycles. The van der Waals surface area contributed by atoms with Gasteiger partial charge >= 0.3 is 0 Å². The van der Waals surface area contributed by atoms with Crippen LogP contribution in [0.1, 0.15) is 25.8 Å². The summed E-state index contributed by atoms with van der Waals surface area (Å²) in [5, 5.41) is 14.7. The van der Waals surface area contributed by atoms with Crippen LogP contribution in [-0.4, -0.2) is 43.8 Å². The maximum atomic E-state index is 13.8. The van der Waals surface area contributed by atoms with Gasteiger partial charge in [-0.15, -0.1) is 0 Å². The molecule has 8 nitrogen and oxygen atoms in total. The summed E-state index contributed by atoms with van der Waals surface area (Å²) in [7, 11) is 0. The number of piperidine rings is 1. The number of nitrogens with two attached hydrogens (primary N) is 1. The lowest BCUT2D eigenvalue weighted by Crippen LogP contribution is -2.37. The summed E-state index contributed by atoms with van der Waals surface area (Å²) in [6.07, 6.45) is 7.11. The van der Waals surface area contributed by atoms with Gasteiger partial charge in [0.25, 0.3) is 0 Å². The minimum atomic E-state index is -0.730. The smallest absolute Gasteiger partial charge is 0.219 e. The van der Waals surface area contributed by atoms with Crippen LogP contribution in [0.25, 0.3) is 33.4 Å². The van der Waals surface area contributed by atoms with Crippen molar-refractivity contribution in [2.45, 2.75) is 25.8 Å². The van der Waals surface area contributed by atoms with E-state index in [4.69, 9.17) is 10.2 Å². The molecule has 1 fully saturated rings. The third-order valence-corrected chi connectivity index (χ3v) is 6.02. The maximum Gasteiger partial charge on any atom is 0.219 e. The number of anilines is 1. The number of amides is 1. The molecule has 0 unspecified atom stereocenters. The number of nitrogen functional groups attached to an aromatic ring is 1. The van der Waals surface area contributed by atoms with Crippen molar-refractivity contribution >= 4 is 22.7 Å². The summed E-state index contributed by atoms with van der Waals surface area (Å²) in [5.74, 6) is -0.397. The van der Waals surface area contributed by atoms with Crippen LogP contribution < -0.4 is 5.73 Å². The molecule has 0 radical (unpaired) electrons. The number of benzene rings is 1. The molecule has 0 atom stereocenters. The van der Waals surface area contributed by atoms with Gasteiger partial charge in [-0.3, -0.25) is 9.48 Å². The molecule has 0 bridgehead atoms. The molecular weight excluding hydrogens is 413 g/mol. The van der Waals surface area contributed by atoms with Crippen LogP contribution in [0.5, 0.6) is 5.75 Å². The summed E-state index contributed by atoms with van der Waals surface area (Å²) in [5.41, 5.74) is 8.59. The molecular formula is C23H22FN5O3. The fourth-order valence-electron chi connectivity index (χ4n) is 4.20. The summed E-state index contributed by atoms with van der Waals surface area (Å²) in [6, 6.07) is 6.07. The molecule has 0 spiro atoms. The van der Waals surface area contributed by atoms with Gasteiger partial charge in [0, 0.05) is 54.5 Å². The van der Waals surface area contributed by atoms with Crippen molar-refractivity contribution in [1.82, 2.24) is 19.7 Å². The van der Waals surface area contributed by atoms with E-state index < -0.39 is 11.6 Å². The molecule has 4 aromatic rings. The van der Waals surface area contributed by atoms with Crippen molar-refractivity contribution in [3.63, 3.8) is 0 Å². The first-order chi connectivity index (χ1) is 15.4. The normalized spacial score (nSPS) is 14.9. The highest BCUT2D eigenvalue weighted by Crippen LogP contribution is 2.37. The predicted octanol–water partition coefficient (Wildman–Crippen LogP) is 3.97. The van der Waals surface area contributed by atoms with Crippen molar-refractivity contribution in [3.8, 4) is 28.2 Å². The Morgan fingerprint density at radius 3 is 2.72 bits per heavy atom. The number of carbonyl (C=O) groups is 1. The zero-order chi connectivity index (χ0) is 22.4. The minimum Gasteiger partial charge on any atom is -0.505 e. The Labute approximate surface area is 183 Å². The van der Waals surface area contributed by atoms with Gasteiger partial charge in [0.2, 0.25) is 5.91 Å². The molecule has 0 saturated carbocycles. The lowest BCUT2D eigenvalue weighted by atomic mass is 10.0. The molecule has 0 aliphatic carbocycles. The van der Waals surface area contributed by atoms with Gasteiger partial charge < -0.3 is 20.2 Å². The van der Waals surface area contributed by atoms with Crippen LogP contribution in [-0.2, 0) is 4.79 Å². The molecule has 32 heavy (non-hydrogen) atoms. The van der Waals surface area contributed by atoms with E-state index in [0.29, 0.717) is 16.9 Å². The minimum absolute atomic E-state index is 0.101. The second-order valence-corrected chi connectivity index (χ2v) is 8.02. The van der Waals surface area contributed by atoms with Crippen molar-refractivity contribution in [2.24, 2.45) is 0 Å². The molecule has 3 aromatic heterocycles. The lowest BCUT2D eigenvalue weighted by Gasteiger charge is -2.31. The Morgan fingerprint density at radius 2 is 2.00 bits per heavy atom. The molecule has 1 aromatic carbocycles. The second kappa shape index (κ2) is 7.67. The predicted molar refractivity (Wildman–Crippen MR) is 117 cm³/mol. The number of rotatable bonds is 3. The third-order valence-electron chi connectivity index (χ3n) is 6.02. The number of phenols is 1. The van der Waals surface area contributed by atoms with Gasteiger partial charge in [-0.25, -0.2) is 9.37 Å². The van der Waals surface area contributed by atoms with Crippen LogP contribution in [0, 0.1) is 5.82 Å². The average molecular weight is 435 g/mol. The van der Waals surface area contributed by atoms with Gasteiger partial charge in [0.15, 0.2) is 23.0 Å². The number of likely N-dealkylation sites (tertiary alicyclic amines) is 1. The number of hydrogen-bond donors (Lipinski definition) is 2. The third kappa shape index (κ3) is 3.45. The van der Waals surface area contributed by atoms with Gasteiger partial charge in [0.05, 0.1) is 12.2 Å². The van der Waals surface area contributed by atoms with Gasteiger partial charge in [-0.05, 0) is 37.1 Å². The molecule has 3 N–H and O–H groups in total. The van der Waals surface area contributed by atoms with Crippen LogP contribution >= 0.6 is 0 Å². The largest absolute Gasteiger partial charge is 0.505 e. The Morgan fingerprint density at radius 1 is 1.22 bits per heavy atom. The highest BCUT2D eigenvalue weighted by atomic mass is 19.1. The lowest BCUT2D eigenvalue weighted by molar-refractivity contribution is -0.130. The summed E-state index contributed by atoms with van der Waals surface area (Å²) in [6.45, 7) is 3.03. The first-order valence-electron chi connectivity index (χ1n) is 10.4. The first-order valence-corrected chi connectivity index (χ1v) is 10.4. The summed E-state index contributed by atoms with van der Waals surface area (Å²) < 4.78 is 21.7. The van der Waals surface area contributed by atoms with Crippen molar-refractivity contribution in [1.29, 1.82) is 0 Å². The van der Waals surface area contributed by atoms with Crippen LogP contribution in [0.15, 0.2) is 47.3 Å². The Bertz CT molecular complexity index is 1320. The van der Waals surface area contributed by atoms with E-state index in [1.54, 1.807) is 31.5 Å². The molecule has 164 valence electrons. The Kier molecular flexibility index (Phi) is 4.80. The Balaban J connectivity index is 1.49. The number of aromatic nitrogens is 3. The fraction of sp³-hybridized carbons (Fsp3) is 0.261. The quantitative estimate of drug-likeness (QED) is 0.504. The maximum absolute atomic E-state index is 13.8. The molecule has 9 heteroatoms. The van der Waals surface area contributed by atoms with Crippen LogP contribution in [0.4, 0.5) is 10.2 Å². The number of hydrogen-bond acceptors (Lipinski definition) is 6. The first kappa shape index (κ1) is 20.0. The number of aromatic hydroxyl groups is 1. The number of carbonyl (C=O) groups excluding carboxylic acids is 1. The van der Waals surface area contributed by atoms with Crippen LogP contribution in [0.3, 0.4) is 0 Å². The average Bonchev–Trinajstić information content (AvgIpc) is 3.45. The van der Waals surface area contributed by atoms with Crippen LogP contribution in [0.2, 0.25) is 0 Å². The number of pyridine rings is 1. The van der Waals surface area contributed by atoms with Gasteiger partial charge in [-0.1, -0.05) is 0 Å². The van der Waals surface area contributed by atoms with Gasteiger partial charge in [0.1, 0.15) is 5.76 Å². The van der Waals surface area contributed by atoms with E-state index in [-0.39, 0.29) is 17.8 Å². The van der Waals surface area contributed by atoms with Crippen molar-refractivity contribution in [2.75, 3.05) is 18.8 Å². The molecule has 1 saturated heterocycles. The monoisotopic (exact) mass is 435 g/mol. The number of fused-ring (bicyclic) bond motifs is 1. The highest BCUT2D eigenvalue weighted by Gasteiger charge is 2.23. The number of furan rings is 1. The highest BCUT2D eigenvalue weighted by molar-refractivity contribution is 6.00. The van der Waals surface area contributed by atoms with E-state index >= 15 is 0 Å². The van der Waals surface area contributed by atoms with E-state index in [0.717, 1.165) is 42.4 Å². The molecule has 1 aliphatic heterocycles. The topological polar surface area (TPSA) is 110 Å². The molecule has 5 rings (SSSR count). The standard InChI is InChI=1S/C23H22FN5O3/c1-13(30)28-6-4-16(5-7-28)29-12-15(10-27-29)18-11-26-23(25)22-17(18)9-21(32-22)14-2-3-20(31)19(24)8-14/h2-3,8-12,16,31H,4-7H2,1H3,(H2,25,26). The zero-order valence-electron chi connectivity index (χ0n) is 17.5. The van der Waals surface area contributed by atoms with E-state index in [2.05, 4.69) is 10.1 Å².